The molecule has 18 heavy (non-hydrogen) atoms. The molecule has 0 amide bonds. The lowest BCUT2D eigenvalue weighted by atomic mass is 10.2. The van der Waals surface area contributed by atoms with Crippen molar-refractivity contribution in [2.75, 3.05) is 24.7 Å². The number of carboxylic acids is 1. The number of hydrogen-bond acceptors (Lipinski definition) is 5. The van der Waals surface area contributed by atoms with Crippen LogP contribution in [-0.4, -0.2) is 46.8 Å². The van der Waals surface area contributed by atoms with Gasteiger partial charge >= 0.3 is 5.97 Å². The molecule has 0 bridgehead atoms. The Labute approximate surface area is 106 Å². The zero-order valence-electron chi connectivity index (χ0n) is 10.6. The molecule has 0 spiro atoms. The van der Waals surface area contributed by atoms with E-state index in [0.717, 1.165) is 12.1 Å². The van der Waals surface area contributed by atoms with Gasteiger partial charge in [0.2, 0.25) is 0 Å². The van der Waals surface area contributed by atoms with Crippen molar-refractivity contribution in [2.45, 2.75) is 26.3 Å². The minimum Gasteiger partial charge on any atom is -0.480 e. The average Bonchev–Trinajstić information content (AvgIpc) is 2.38. The molecule has 0 saturated carbocycles. The molecule has 0 aliphatic carbocycles. The highest BCUT2D eigenvalue weighted by Gasteiger charge is 2.30. The second kappa shape index (κ2) is 5.30. The molecule has 1 aromatic heterocycles. The number of carboxylic acid groups (broad SMARTS) is 1. The van der Waals surface area contributed by atoms with Gasteiger partial charge in [0.1, 0.15) is 11.6 Å². The number of carbonyl (C=O) groups is 1. The van der Waals surface area contributed by atoms with Crippen molar-refractivity contribution >= 4 is 11.8 Å². The van der Waals surface area contributed by atoms with Gasteiger partial charge < -0.3 is 14.7 Å². The van der Waals surface area contributed by atoms with Crippen molar-refractivity contribution in [3.05, 3.63) is 17.6 Å². The minimum absolute atomic E-state index is 0.194. The molecule has 1 saturated heterocycles. The van der Waals surface area contributed by atoms with Crippen LogP contribution in [0.1, 0.15) is 18.4 Å². The first-order chi connectivity index (χ1) is 8.61. The quantitative estimate of drug-likeness (QED) is 0.849. The van der Waals surface area contributed by atoms with E-state index in [1.165, 1.54) is 0 Å². The predicted molar refractivity (Wildman–Crippen MR) is 65.7 cm³/mol. The SMILES string of the molecule is CCc1cc(N2CCOCC2C(=O)O)nc(C)n1. The number of nitrogens with zero attached hydrogens (tertiary/aromatic N) is 3. The molecule has 6 heteroatoms. The van der Waals surface area contributed by atoms with Crippen molar-refractivity contribution in [3.63, 3.8) is 0 Å². The van der Waals surface area contributed by atoms with E-state index in [0.29, 0.717) is 24.8 Å². The van der Waals surface area contributed by atoms with E-state index < -0.39 is 12.0 Å². The molecule has 2 heterocycles. The number of rotatable bonds is 3. The molecular weight excluding hydrogens is 234 g/mol. The summed E-state index contributed by atoms with van der Waals surface area (Å²) in [6, 6.07) is 1.19. The van der Waals surface area contributed by atoms with Crippen molar-refractivity contribution in [2.24, 2.45) is 0 Å². The van der Waals surface area contributed by atoms with Gasteiger partial charge in [-0.3, -0.25) is 0 Å². The van der Waals surface area contributed by atoms with Gasteiger partial charge in [-0.05, 0) is 13.3 Å². The van der Waals surface area contributed by atoms with Crippen LogP contribution in [0.4, 0.5) is 5.82 Å². The van der Waals surface area contributed by atoms with E-state index in [4.69, 9.17) is 4.74 Å². The predicted octanol–water partition coefficient (Wildman–Crippen LogP) is 0.637. The summed E-state index contributed by atoms with van der Waals surface area (Å²) in [5.74, 6) is 0.457. The third-order valence-corrected chi connectivity index (χ3v) is 2.95. The van der Waals surface area contributed by atoms with Gasteiger partial charge in [0.25, 0.3) is 0 Å². The fourth-order valence-electron chi connectivity index (χ4n) is 2.02. The van der Waals surface area contributed by atoms with Crippen LogP contribution >= 0.6 is 0 Å². The summed E-state index contributed by atoms with van der Waals surface area (Å²) in [5, 5.41) is 9.20. The van der Waals surface area contributed by atoms with E-state index in [1.807, 2.05) is 19.9 Å². The number of anilines is 1. The van der Waals surface area contributed by atoms with E-state index in [9.17, 15) is 9.90 Å². The Morgan fingerprint density at radius 1 is 1.61 bits per heavy atom. The molecular formula is C12H17N3O3. The lowest BCUT2D eigenvalue weighted by molar-refractivity contribution is -0.141. The maximum absolute atomic E-state index is 11.2. The third-order valence-electron chi connectivity index (χ3n) is 2.95. The highest BCUT2D eigenvalue weighted by atomic mass is 16.5. The van der Waals surface area contributed by atoms with Crippen LogP contribution in [0.5, 0.6) is 0 Å². The van der Waals surface area contributed by atoms with E-state index in [2.05, 4.69) is 9.97 Å². The Morgan fingerprint density at radius 3 is 3.06 bits per heavy atom. The van der Waals surface area contributed by atoms with Gasteiger partial charge in [0.05, 0.1) is 13.2 Å². The van der Waals surface area contributed by atoms with Crippen LogP contribution in [0.25, 0.3) is 0 Å². The summed E-state index contributed by atoms with van der Waals surface area (Å²) in [7, 11) is 0. The molecule has 2 rings (SSSR count). The van der Waals surface area contributed by atoms with Crippen LogP contribution < -0.4 is 4.90 Å². The van der Waals surface area contributed by atoms with Crippen molar-refractivity contribution in [1.82, 2.24) is 9.97 Å². The summed E-state index contributed by atoms with van der Waals surface area (Å²) >= 11 is 0. The maximum atomic E-state index is 11.2. The van der Waals surface area contributed by atoms with Crippen molar-refractivity contribution in [1.29, 1.82) is 0 Å². The molecule has 0 aromatic carbocycles. The monoisotopic (exact) mass is 251 g/mol. The Hall–Kier alpha value is -1.69. The second-order valence-corrected chi connectivity index (χ2v) is 4.24. The number of morpholine rings is 1. The summed E-state index contributed by atoms with van der Waals surface area (Å²) in [4.78, 5) is 21.6. The third kappa shape index (κ3) is 2.59. The molecule has 98 valence electrons. The van der Waals surface area contributed by atoms with Gasteiger partial charge in [0, 0.05) is 18.3 Å². The Balaban J connectivity index is 2.33. The number of aryl methyl sites for hydroxylation is 2. The molecule has 1 aliphatic heterocycles. The van der Waals surface area contributed by atoms with Crippen molar-refractivity contribution in [3.8, 4) is 0 Å². The minimum atomic E-state index is -0.885. The Kier molecular flexibility index (Phi) is 3.76. The van der Waals surface area contributed by atoms with Crippen LogP contribution in [0.3, 0.4) is 0 Å². The molecule has 1 N–H and O–H groups in total. The summed E-state index contributed by atoms with van der Waals surface area (Å²) < 4.78 is 5.22. The fourth-order valence-corrected chi connectivity index (χ4v) is 2.02. The van der Waals surface area contributed by atoms with Gasteiger partial charge in [0.15, 0.2) is 6.04 Å². The molecule has 0 radical (unpaired) electrons. The van der Waals surface area contributed by atoms with Gasteiger partial charge in [-0.25, -0.2) is 14.8 Å². The maximum Gasteiger partial charge on any atom is 0.328 e. The van der Waals surface area contributed by atoms with Crippen molar-refractivity contribution < 1.29 is 14.6 Å². The van der Waals surface area contributed by atoms with Gasteiger partial charge in [-0.1, -0.05) is 6.92 Å². The molecule has 1 fully saturated rings. The van der Waals surface area contributed by atoms with Gasteiger partial charge in [-0.2, -0.15) is 0 Å². The lowest BCUT2D eigenvalue weighted by Crippen LogP contribution is -2.50. The zero-order chi connectivity index (χ0) is 13.1. The van der Waals surface area contributed by atoms with Crippen LogP contribution in [-0.2, 0) is 16.0 Å². The highest BCUT2D eigenvalue weighted by Crippen LogP contribution is 2.19. The zero-order valence-corrected chi connectivity index (χ0v) is 10.6. The first-order valence-corrected chi connectivity index (χ1v) is 6.03. The molecule has 1 atom stereocenters. The topological polar surface area (TPSA) is 75.5 Å². The number of hydrogen-bond donors (Lipinski definition) is 1. The van der Waals surface area contributed by atoms with Crippen LogP contribution in [0.2, 0.25) is 0 Å². The number of ether oxygens (including phenoxy) is 1. The summed E-state index contributed by atoms with van der Waals surface area (Å²) in [6.45, 7) is 5.09. The molecule has 6 nitrogen and oxygen atoms in total. The fraction of sp³-hybridized carbons (Fsp3) is 0.583. The average molecular weight is 251 g/mol. The summed E-state index contributed by atoms with van der Waals surface area (Å²) in [5.41, 5.74) is 0.924. The summed E-state index contributed by atoms with van der Waals surface area (Å²) in [6.07, 6.45) is 0.804. The lowest BCUT2D eigenvalue weighted by Gasteiger charge is -2.33. The molecule has 1 unspecified atom stereocenters. The van der Waals surface area contributed by atoms with Crippen LogP contribution in [0, 0.1) is 6.92 Å². The largest absolute Gasteiger partial charge is 0.480 e. The normalized spacial score (nSPS) is 19.9. The van der Waals surface area contributed by atoms with Crippen LogP contribution in [0.15, 0.2) is 6.07 Å². The Morgan fingerprint density at radius 2 is 2.39 bits per heavy atom. The standard InChI is InChI=1S/C12H17N3O3/c1-3-9-6-11(14-8(2)13-9)15-4-5-18-7-10(15)12(16)17/h6,10H,3-5,7H2,1-2H3,(H,16,17). The van der Waals surface area contributed by atoms with E-state index in [-0.39, 0.29) is 6.61 Å². The second-order valence-electron chi connectivity index (χ2n) is 4.24. The Bertz CT molecular complexity index is 450. The smallest absolute Gasteiger partial charge is 0.328 e. The van der Waals surface area contributed by atoms with E-state index in [1.54, 1.807) is 4.90 Å². The highest BCUT2D eigenvalue weighted by molar-refractivity contribution is 5.78. The number of aromatic nitrogens is 2. The molecule has 1 aliphatic rings. The first-order valence-electron chi connectivity index (χ1n) is 6.03. The number of aliphatic carboxylic acids is 1. The first kappa shape index (κ1) is 12.8. The van der Waals surface area contributed by atoms with E-state index >= 15 is 0 Å². The molecule has 1 aromatic rings. The van der Waals surface area contributed by atoms with Gasteiger partial charge in [-0.15, -0.1) is 0 Å².